The number of carbonyl (C=O) groups excluding carboxylic acids is 2. The second-order valence-electron chi connectivity index (χ2n) is 7.39. The Balaban J connectivity index is 1.21. The zero-order chi connectivity index (χ0) is 21.4. The Bertz CT molecular complexity index is 1100. The van der Waals surface area contributed by atoms with Gasteiger partial charge in [0.25, 0.3) is 11.8 Å². The number of thiophene rings is 1. The SMILES string of the molecule is Cc1nc(-c2cccs2)sc1C(=O)N1CCN(C(=O)[C@@H]2COc3ccccc3O2)CC1. The molecule has 2 aliphatic heterocycles. The lowest BCUT2D eigenvalue weighted by Crippen LogP contribution is -2.55. The third-order valence-corrected chi connectivity index (χ3v) is 7.57. The Hall–Kier alpha value is -2.91. The minimum absolute atomic E-state index is 0.0175. The molecule has 0 bridgehead atoms. The number of nitrogens with zero attached hydrogens (tertiary/aromatic N) is 3. The number of para-hydroxylation sites is 2. The van der Waals surface area contributed by atoms with Gasteiger partial charge in [-0.25, -0.2) is 4.98 Å². The molecule has 0 N–H and O–H groups in total. The third-order valence-electron chi connectivity index (χ3n) is 5.39. The fourth-order valence-electron chi connectivity index (χ4n) is 3.72. The van der Waals surface area contributed by atoms with E-state index < -0.39 is 6.10 Å². The molecule has 1 saturated heterocycles. The molecule has 0 saturated carbocycles. The van der Waals surface area contributed by atoms with Crippen LogP contribution in [0.5, 0.6) is 11.5 Å². The van der Waals surface area contributed by atoms with Crippen molar-refractivity contribution in [3.8, 4) is 21.4 Å². The Morgan fingerprint density at radius 2 is 1.77 bits per heavy atom. The van der Waals surface area contributed by atoms with Crippen LogP contribution in [0.4, 0.5) is 0 Å². The van der Waals surface area contributed by atoms with Crippen LogP contribution in [0.15, 0.2) is 41.8 Å². The number of rotatable bonds is 3. The van der Waals surface area contributed by atoms with Gasteiger partial charge < -0.3 is 19.3 Å². The monoisotopic (exact) mass is 455 g/mol. The highest BCUT2D eigenvalue weighted by atomic mass is 32.1. The van der Waals surface area contributed by atoms with Crippen LogP contribution in [-0.4, -0.2) is 65.5 Å². The second kappa shape index (κ2) is 8.32. The molecule has 3 aromatic rings. The molecule has 5 rings (SSSR count). The van der Waals surface area contributed by atoms with Gasteiger partial charge in [-0.3, -0.25) is 9.59 Å². The van der Waals surface area contributed by atoms with Crippen LogP contribution in [0.3, 0.4) is 0 Å². The van der Waals surface area contributed by atoms with Crippen LogP contribution < -0.4 is 9.47 Å². The van der Waals surface area contributed by atoms with Gasteiger partial charge in [-0.1, -0.05) is 18.2 Å². The van der Waals surface area contributed by atoms with Gasteiger partial charge in [0, 0.05) is 26.2 Å². The van der Waals surface area contributed by atoms with Crippen molar-refractivity contribution in [2.24, 2.45) is 0 Å². The number of aryl methyl sites for hydroxylation is 1. The Morgan fingerprint density at radius 3 is 2.52 bits per heavy atom. The Kier molecular flexibility index (Phi) is 5.37. The van der Waals surface area contributed by atoms with Crippen molar-refractivity contribution in [2.75, 3.05) is 32.8 Å². The molecule has 1 aromatic carbocycles. The molecule has 1 atom stereocenters. The number of piperazine rings is 1. The van der Waals surface area contributed by atoms with Gasteiger partial charge in [-0.15, -0.1) is 22.7 Å². The van der Waals surface area contributed by atoms with E-state index in [4.69, 9.17) is 9.47 Å². The molecule has 1 fully saturated rings. The average molecular weight is 456 g/mol. The van der Waals surface area contributed by atoms with Crippen molar-refractivity contribution in [3.63, 3.8) is 0 Å². The van der Waals surface area contributed by atoms with E-state index in [2.05, 4.69) is 4.98 Å². The summed E-state index contributed by atoms with van der Waals surface area (Å²) in [5, 5.41) is 2.88. The van der Waals surface area contributed by atoms with Gasteiger partial charge in [0.1, 0.15) is 16.5 Å². The van der Waals surface area contributed by atoms with Crippen LogP contribution in [0.1, 0.15) is 15.4 Å². The highest BCUT2D eigenvalue weighted by molar-refractivity contribution is 7.22. The van der Waals surface area contributed by atoms with E-state index in [1.54, 1.807) is 27.2 Å². The topological polar surface area (TPSA) is 72.0 Å². The summed E-state index contributed by atoms with van der Waals surface area (Å²) in [7, 11) is 0. The van der Waals surface area contributed by atoms with Gasteiger partial charge in [0.15, 0.2) is 11.5 Å². The molecule has 7 nitrogen and oxygen atoms in total. The summed E-state index contributed by atoms with van der Waals surface area (Å²) in [6, 6.07) is 11.3. The summed E-state index contributed by atoms with van der Waals surface area (Å²) in [5.74, 6) is 1.12. The maximum Gasteiger partial charge on any atom is 0.267 e. The van der Waals surface area contributed by atoms with E-state index in [0.717, 1.165) is 15.6 Å². The maximum atomic E-state index is 13.1. The molecule has 0 aliphatic carbocycles. The van der Waals surface area contributed by atoms with Gasteiger partial charge in [0.05, 0.1) is 10.6 Å². The highest BCUT2D eigenvalue weighted by Crippen LogP contribution is 2.33. The molecule has 4 heterocycles. The first-order chi connectivity index (χ1) is 15.1. The molecular formula is C22H21N3O4S2. The maximum absolute atomic E-state index is 13.1. The number of hydrogen-bond acceptors (Lipinski definition) is 7. The number of benzene rings is 1. The summed E-state index contributed by atoms with van der Waals surface area (Å²) in [4.78, 5) is 35.9. The Morgan fingerprint density at radius 1 is 1.03 bits per heavy atom. The number of carbonyl (C=O) groups is 2. The van der Waals surface area contributed by atoms with E-state index in [9.17, 15) is 9.59 Å². The van der Waals surface area contributed by atoms with Crippen LogP contribution in [-0.2, 0) is 4.79 Å². The summed E-state index contributed by atoms with van der Waals surface area (Å²) >= 11 is 3.05. The molecular weight excluding hydrogens is 434 g/mol. The van der Waals surface area contributed by atoms with Crippen LogP contribution in [0, 0.1) is 6.92 Å². The summed E-state index contributed by atoms with van der Waals surface area (Å²) < 4.78 is 11.5. The standard InChI is InChI=1S/C22H21N3O4S2/c1-14-19(31-20(23-14)18-7-4-12-30-18)22(27)25-10-8-24(9-11-25)21(26)17-13-28-15-5-2-3-6-16(15)29-17/h2-7,12,17H,8-11,13H2,1H3/t17-/m0/s1. The average Bonchev–Trinajstić information content (AvgIpc) is 3.48. The number of thiazole rings is 1. The van der Waals surface area contributed by atoms with E-state index >= 15 is 0 Å². The summed E-state index contributed by atoms with van der Waals surface area (Å²) in [6.07, 6.45) is -0.658. The molecule has 160 valence electrons. The van der Waals surface area contributed by atoms with Crippen LogP contribution in [0.2, 0.25) is 0 Å². The van der Waals surface area contributed by atoms with Crippen molar-refractivity contribution in [3.05, 3.63) is 52.3 Å². The lowest BCUT2D eigenvalue weighted by atomic mass is 10.2. The van der Waals surface area contributed by atoms with E-state index in [-0.39, 0.29) is 18.4 Å². The minimum atomic E-state index is -0.658. The number of ether oxygens (including phenoxy) is 2. The molecule has 0 radical (unpaired) electrons. The molecule has 2 aromatic heterocycles. The van der Waals surface area contributed by atoms with Crippen molar-refractivity contribution in [1.29, 1.82) is 0 Å². The molecule has 0 spiro atoms. The van der Waals surface area contributed by atoms with Gasteiger partial charge in [-0.05, 0) is 30.5 Å². The zero-order valence-electron chi connectivity index (χ0n) is 16.9. The highest BCUT2D eigenvalue weighted by Gasteiger charge is 2.34. The van der Waals surface area contributed by atoms with Gasteiger partial charge >= 0.3 is 0 Å². The second-order valence-corrected chi connectivity index (χ2v) is 9.34. The third kappa shape index (κ3) is 3.90. The van der Waals surface area contributed by atoms with Crippen molar-refractivity contribution < 1.29 is 19.1 Å². The number of amides is 2. The molecule has 2 aliphatic rings. The molecule has 0 unspecified atom stereocenters. The predicted molar refractivity (Wildman–Crippen MR) is 119 cm³/mol. The van der Waals surface area contributed by atoms with Gasteiger partial charge in [0.2, 0.25) is 6.10 Å². The van der Waals surface area contributed by atoms with Crippen molar-refractivity contribution >= 4 is 34.5 Å². The van der Waals surface area contributed by atoms with Crippen molar-refractivity contribution in [2.45, 2.75) is 13.0 Å². The van der Waals surface area contributed by atoms with E-state index in [0.29, 0.717) is 42.6 Å². The lowest BCUT2D eigenvalue weighted by molar-refractivity contribution is -0.142. The largest absolute Gasteiger partial charge is 0.485 e. The Labute approximate surface area is 187 Å². The smallest absolute Gasteiger partial charge is 0.267 e. The van der Waals surface area contributed by atoms with E-state index in [1.165, 1.54) is 11.3 Å². The molecule has 31 heavy (non-hydrogen) atoms. The van der Waals surface area contributed by atoms with Crippen LogP contribution >= 0.6 is 22.7 Å². The summed E-state index contributed by atoms with van der Waals surface area (Å²) in [6.45, 7) is 3.99. The normalized spacial score (nSPS) is 18.2. The number of hydrogen-bond donors (Lipinski definition) is 0. The first kappa shape index (κ1) is 20.0. The minimum Gasteiger partial charge on any atom is -0.485 e. The van der Waals surface area contributed by atoms with E-state index in [1.807, 2.05) is 42.6 Å². The number of fused-ring (bicyclic) bond motifs is 1. The quantitative estimate of drug-likeness (QED) is 0.606. The molecule has 2 amide bonds. The fourth-order valence-corrected chi connectivity index (χ4v) is 5.55. The first-order valence-electron chi connectivity index (χ1n) is 10.1. The number of aromatic nitrogens is 1. The van der Waals surface area contributed by atoms with Crippen molar-refractivity contribution in [1.82, 2.24) is 14.8 Å². The van der Waals surface area contributed by atoms with Gasteiger partial charge in [-0.2, -0.15) is 0 Å². The predicted octanol–water partition coefficient (Wildman–Crippen LogP) is 3.30. The summed E-state index contributed by atoms with van der Waals surface area (Å²) in [5.41, 5.74) is 0.753. The van der Waals surface area contributed by atoms with Crippen LogP contribution in [0.25, 0.3) is 9.88 Å². The fraction of sp³-hybridized carbons (Fsp3) is 0.318. The molecule has 9 heteroatoms. The first-order valence-corrected chi connectivity index (χ1v) is 11.8. The lowest BCUT2D eigenvalue weighted by Gasteiger charge is -2.37. The zero-order valence-corrected chi connectivity index (χ0v) is 18.6.